The lowest BCUT2D eigenvalue weighted by atomic mass is 10.2. The summed E-state index contributed by atoms with van der Waals surface area (Å²) in [5.41, 5.74) is 1.17. The van der Waals surface area contributed by atoms with Crippen molar-refractivity contribution in [2.24, 2.45) is 0 Å². The quantitative estimate of drug-likeness (QED) is 0.820. The van der Waals surface area contributed by atoms with Gasteiger partial charge >= 0.3 is 6.55 Å². The average molecular weight is 356 g/mol. The summed E-state index contributed by atoms with van der Waals surface area (Å²) in [6.07, 6.45) is 1.84. The molecule has 0 unspecified atom stereocenters. The first kappa shape index (κ1) is 17.0. The van der Waals surface area contributed by atoms with Crippen LogP contribution in [0.5, 0.6) is 0 Å². The van der Waals surface area contributed by atoms with Gasteiger partial charge in [-0.3, -0.25) is 4.90 Å². The van der Waals surface area contributed by atoms with Crippen molar-refractivity contribution in [1.29, 1.82) is 0 Å². The van der Waals surface area contributed by atoms with Crippen LogP contribution in [-0.2, 0) is 16.6 Å². The summed E-state index contributed by atoms with van der Waals surface area (Å²) in [5.74, 6) is 0. The second kappa shape index (κ2) is 6.96. The second-order valence-corrected chi connectivity index (χ2v) is 7.54. The number of piperazine rings is 1. The van der Waals surface area contributed by atoms with E-state index >= 15 is 0 Å². The molecule has 2 heterocycles. The maximum atomic E-state index is 12.6. The van der Waals surface area contributed by atoms with Crippen LogP contribution in [-0.4, -0.2) is 53.6 Å². The minimum Gasteiger partial charge on any atom is -0.296 e. The highest BCUT2D eigenvalue weighted by molar-refractivity contribution is 7.89. The fraction of sp³-hybridized carbons (Fsp3) is 0.400. The van der Waals surface area contributed by atoms with Crippen molar-refractivity contribution in [3.8, 4) is 0 Å². The van der Waals surface area contributed by atoms with E-state index in [0.717, 1.165) is 18.9 Å². The van der Waals surface area contributed by atoms with Gasteiger partial charge in [0.05, 0.1) is 12.4 Å². The first-order valence-electron chi connectivity index (χ1n) is 7.55. The molecule has 3 rings (SSSR count). The third kappa shape index (κ3) is 3.63. The minimum absolute atomic E-state index is 0.195. The number of nitrogens with zero attached hydrogens (tertiary/aromatic N) is 4. The summed E-state index contributed by atoms with van der Waals surface area (Å²) in [5, 5.41) is 3.40. The largest absolute Gasteiger partial charge is 0.333 e. The highest BCUT2D eigenvalue weighted by Crippen LogP contribution is 2.20. The number of aromatic nitrogens is 2. The SMILES string of the molecule is O=S(=O)(c1cnn(C(F)F)c1)N1CCN(Cc2ccccc2)CC1. The molecule has 6 nitrogen and oxygen atoms in total. The van der Waals surface area contributed by atoms with Crippen molar-refractivity contribution >= 4 is 10.0 Å². The topological polar surface area (TPSA) is 58.4 Å². The lowest BCUT2D eigenvalue weighted by Gasteiger charge is -2.33. The molecule has 1 aliphatic heterocycles. The monoisotopic (exact) mass is 356 g/mol. The second-order valence-electron chi connectivity index (χ2n) is 5.60. The summed E-state index contributed by atoms with van der Waals surface area (Å²) in [6, 6.07) is 9.95. The van der Waals surface area contributed by atoms with E-state index < -0.39 is 16.6 Å². The molecule has 9 heteroatoms. The Hall–Kier alpha value is -1.84. The van der Waals surface area contributed by atoms with Gasteiger partial charge in [0.1, 0.15) is 4.90 Å². The van der Waals surface area contributed by atoms with Crippen LogP contribution in [0.15, 0.2) is 47.6 Å². The Kier molecular flexibility index (Phi) is 4.93. The van der Waals surface area contributed by atoms with Gasteiger partial charge < -0.3 is 0 Å². The van der Waals surface area contributed by atoms with Gasteiger partial charge in [0.15, 0.2) is 0 Å². The van der Waals surface area contributed by atoms with Gasteiger partial charge in [0, 0.05) is 32.7 Å². The van der Waals surface area contributed by atoms with Gasteiger partial charge in [-0.25, -0.2) is 13.1 Å². The Labute approximate surface area is 139 Å². The highest BCUT2D eigenvalue weighted by atomic mass is 32.2. The first-order valence-corrected chi connectivity index (χ1v) is 8.99. The smallest absolute Gasteiger partial charge is 0.296 e. The predicted molar refractivity (Wildman–Crippen MR) is 84.0 cm³/mol. The Balaban J connectivity index is 1.62. The van der Waals surface area contributed by atoms with E-state index in [-0.39, 0.29) is 4.90 Å². The van der Waals surface area contributed by atoms with Crippen molar-refractivity contribution in [2.75, 3.05) is 26.2 Å². The van der Waals surface area contributed by atoms with Crippen LogP contribution in [0.4, 0.5) is 8.78 Å². The molecule has 0 N–H and O–H groups in total. The standard InChI is InChI=1S/C15H18F2N4O2S/c16-15(17)21-12-14(10-18-21)24(22,23)20-8-6-19(7-9-20)11-13-4-2-1-3-5-13/h1-5,10,12,15H,6-9,11H2. The van der Waals surface area contributed by atoms with Gasteiger partial charge in [0.25, 0.3) is 0 Å². The van der Waals surface area contributed by atoms with Crippen molar-refractivity contribution in [3.63, 3.8) is 0 Å². The molecule has 1 aromatic carbocycles. The maximum absolute atomic E-state index is 12.6. The molecular weight excluding hydrogens is 338 g/mol. The fourth-order valence-corrected chi connectivity index (χ4v) is 4.04. The average Bonchev–Trinajstić information content (AvgIpc) is 3.07. The Morgan fingerprint density at radius 1 is 1.08 bits per heavy atom. The van der Waals surface area contributed by atoms with E-state index in [1.807, 2.05) is 30.3 Å². The minimum atomic E-state index is -3.78. The van der Waals surface area contributed by atoms with E-state index in [0.29, 0.717) is 30.9 Å². The molecular formula is C15H18F2N4O2S. The number of sulfonamides is 1. The molecule has 130 valence electrons. The molecule has 0 atom stereocenters. The van der Waals surface area contributed by atoms with Crippen molar-refractivity contribution in [3.05, 3.63) is 48.3 Å². The first-order chi connectivity index (χ1) is 11.5. The normalized spacial score (nSPS) is 17.5. The Morgan fingerprint density at radius 3 is 2.33 bits per heavy atom. The van der Waals surface area contributed by atoms with Crippen LogP contribution in [0.3, 0.4) is 0 Å². The van der Waals surface area contributed by atoms with Crippen molar-refractivity contribution in [2.45, 2.75) is 18.0 Å². The lowest BCUT2D eigenvalue weighted by molar-refractivity contribution is 0.0563. The summed E-state index contributed by atoms with van der Waals surface area (Å²) in [4.78, 5) is 1.98. The molecule has 0 aliphatic carbocycles. The van der Waals surface area contributed by atoms with Gasteiger partial charge in [-0.1, -0.05) is 30.3 Å². The van der Waals surface area contributed by atoms with Crippen LogP contribution in [0.25, 0.3) is 0 Å². The van der Waals surface area contributed by atoms with E-state index in [2.05, 4.69) is 10.00 Å². The number of halogens is 2. The lowest BCUT2D eigenvalue weighted by Crippen LogP contribution is -2.48. The Bertz CT molecular complexity index is 772. The van der Waals surface area contributed by atoms with Gasteiger partial charge in [-0.2, -0.15) is 18.2 Å². The zero-order chi connectivity index (χ0) is 17.2. The zero-order valence-electron chi connectivity index (χ0n) is 12.9. The summed E-state index contributed by atoms with van der Waals surface area (Å²) >= 11 is 0. The molecule has 1 saturated heterocycles. The van der Waals surface area contributed by atoms with Gasteiger partial charge in [-0.05, 0) is 5.56 Å². The summed E-state index contributed by atoms with van der Waals surface area (Å²) < 4.78 is 51.8. The van der Waals surface area contributed by atoms with Crippen LogP contribution >= 0.6 is 0 Å². The number of hydrogen-bond donors (Lipinski definition) is 0. The molecule has 0 radical (unpaired) electrons. The number of benzene rings is 1. The predicted octanol–water partition coefficient (Wildman–Crippen LogP) is 1.78. The van der Waals surface area contributed by atoms with Crippen LogP contribution in [0.1, 0.15) is 12.1 Å². The molecule has 1 fully saturated rings. The molecule has 24 heavy (non-hydrogen) atoms. The van der Waals surface area contributed by atoms with E-state index in [1.165, 1.54) is 9.87 Å². The summed E-state index contributed by atoms with van der Waals surface area (Å²) in [7, 11) is -3.78. The van der Waals surface area contributed by atoms with E-state index in [9.17, 15) is 17.2 Å². The molecule has 1 aliphatic rings. The van der Waals surface area contributed by atoms with Crippen LogP contribution < -0.4 is 0 Å². The third-order valence-electron chi connectivity index (χ3n) is 4.00. The molecule has 0 spiro atoms. The number of rotatable bonds is 5. The molecule has 0 bridgehead atoms. The van der Waals surface area contributed by atoms with Crippen LogP contribution in [0.2, 0.25) is 0 Å². The summed E-state index contributed by atoms with van der Waals surface area (Å²) in [6.45, 7) is -0.243. The molecule has 1 aromatic heterocycles. The van der Waals surface area contributed by atoms with Crippen molar-refractivity contribution < 1.29 is 17.2 Å². The van der Waals surface area contributed by atoms with Crippen LogP contribution in [0, 0.1) is 0 Å². The fourth-order valence-electron chi connectivity index (χ4n) is 2.68. The molecule has 0 saturated carbocycles. The zero-order valence-corrected chi connectivity index (χ0v) is 13.7. The number of hydrogen-bond acceptors (Lipinski definition) is 4. The highest BCUT2D eigenvalue weighted by Gasteiger charge is 2.30. The van der Waals surface area contributed by atoms with Crippen molar-refractivity contribution in [1.82, 2.24) is 19.0 Å². The Morgan fingerprint density at radius 2 is 1.75 bits per heavy atom. The van der Waals surface area contributed by atoms with E-state index in [1.54, 1.807) is 0 Å². The maximum Gasteiger partial charge on any atom is 0.333 e. The van der Waals surface area contributed by atoms with Gasteiger partial charge in [-0.15, -0.1) is 0 Å². The molecule has 2 aromatic rings. The van der Waals surface area contributed by atoms with E-state index in [4.69, 9.17) is 0 Å². The number of alkyl halides is 2. The van der Waals surface area contributed by atoms with Gasteiger partial charge in [0.2, 0.25) is 10.0 Å². The third-order valence-corrected chi connectivity index (χ3v) is 5.85. The molecule has 0 amide bonds.